The Morgan fingerprint density at radius 2 is 1.27 bits per heavy atom. The van der Waals surface area contributed by atoms with Gasteiger partial charge in [-0.25, -0.2) is 0 Å². The van der Waals surface area contributed by atoms with Crippen molar-refractivity contribution in [1.82, 2.24) is 0 Å². The lowest BCUT2D eigenvalue weighted by Gasteiger charge is -2.16. The maximum Gasteiger partial charge on any atom is 0.136 e. The summed E-state index contributed by atoms with van der Waals surface area (Å²) in [5, 5.41) is 5.80. The summed E-state index contributed by atoms with van der Waals surface area (Å²) in [5.41, 5.74) is 9.22. The first kappa shape index (κ1) is 29.7. The van der Waals surface area contributed by atoms with Crippen molar-refractivity contribution in [2.45, 2.75) is 12.8 Å². The first-order valence-electron chi connectivity index (χ1n) is 16.3. The van der Waals surface area contributed by atoms with Gasteiger partial charge in [0.25, 0.3) is 0 Å². The normalized spacial score (nSPS) is 15.0. The summed E-state index contributed by atoms with van der Waals surface area (Å²) < 4.78 is 9.03. The quantitative estimate of drug-likeness (QED) is 0.177. The van der Waals surface area contributed by atoms with Gasteiger partial charge in [0.15, 0.2) is 0 Å². The Morgan fingerprint density at radius 3 is 2.02 bits per heavy atom. The van der Waals surface area contributed by atoms with E-state index in [1.165, 1.54) is 20.2 Å². The molecule has 0 bridgehead atoms. The molecule has 0 saturated heterocycles. The van der Waals surface area contributed by atoms with Crippen molar-refractivity contribution in [3.63, 3.8) is 0 Å². The van der Waals surface area contributed by atoms with Crippen LogP contribution in [0.5, 0.6) is 0 Å². The minimum atomic E-state index is 0.842. The fourth-order valence-corrected chi connectivity index (χ4v) is 7.96. The van der Waals surface area contributed by atoms with Crippen molar-refractivity contribution in [2.24, 2.45) is 0 Å². The zero-order valence-corrected chi connectivity index (χ0v) is 27.5. The van der Waals surface area contributed by atoms with E-state index in [2.05, 4.69) is 135 Å². The Balaban J connectivity index is 1.43. The molecular weight excluding hydrogens is 601 g/mol. The molecule has 0 fully saturated rings. The van der Waals surface area contributed by atoms with E-state index in [9.17, 15) is 0 Å². The van der Waals surface area contributed by atoms with Crippen LogP contribution in [0, 0.1) is 0 Å². The molecule has 2 heterocycles. The number of furan rings is 1. The van der Waals surface area contributed by atoms with Gasteiger partial charge in [0, 0.05) is 31.1 Å². The molecule has 7 aromatic rings. The van der Waals surface area contributed by atoms with E-state index in [4.69, 9.17) is 11.0 Å². The zero-order valence-electron chi connectivity index (χ0n) is 26.7. The summed E-state index contributed by atoms with van der Waals surface area (Å²) in [6.45, 7) is 13.6. The number of thiophene rings is 1. The highest BCUT2D eigenvalue weighted by atomic mass is 32.1. The van der Waals surface area contributed by atoms with Crippen LogP contribution in [-0.4, -0.2) is 0 Å². The Hall–Kier alpha value is -5.70. The molecule has 8 rings (SSSR count). The number of fused-ring (bicyclic) bond motifs is 5. The van der Waals surface area contributed by atoms with Gasteiger partial charge >= 0.3 is 0 Å². The van der Waals surface area contributed by atoms with Crippen LogP contribution in [0.2, 0.25) is 0 Å². The average molecular weight is 635 g/mol. The molecule has 0 aliphatic heterocycles. The van der Waals surface area contributed by atoms with Crippen molar-refractivity contribution in [3.05, 3.63) is 186 Å². The number of benzene rings is 5. The molecule has 2 aromatic heterocycles. The van der Waals surface area contributed by atoms with E-state index in [0.29, 0.717) is 0 Å². The van der Waals surface area contributed by atoms with Gasteiger partial charge in [-0.1, -0.05) is 135 Å². The van der Waals surface area contributed by atoms with Crippen molar-refractivity contribution < 1.29 is 4.42 Å². The van der Waals surface area contributed by atoms with Crippen LogP contribution in [0.4, 0.5) is 0 Å². The number of hydrogen-bond acceptors (Lipinski definition) is 2. The van der Waals surface area contributed by atoms with Crippen molar-refractivity contribution >= 4 is 70.8 Å². The molecule has 0 spiro atoms. The monoisotopic (exact) mass is 634 g/mol. The molecule has 1 aliphatic rings. The van der Waals surface area contributed by atoms with E-state index in [0.717, 1.165) is 84.6 Å². The van der Waals surface area contributed by atoms with Crippen molar-refractivity contribution in [1.29, 1.82) is 0 Å². The van der Waals surface area contributed by atoms with Crippen LogP contribution < -0.4 is 10.4 Å². The topological polar surface area (TPSA) is 13.1 Å². The van der Waals surface area contributed by atoms with Crippen LogP contribution in [0.15, 0.2) is 164 Å². The minimum Gasteiger partial charge on any atom is -0.456 e. The molecule has 2 heteroatoms. The molecule has 48 heavy (non-hydrogen) atoms. The Kier molecular flexibility index (Phi) is 7.72. The molecule has 0 saturated carbocycles. The van der Waals surface area contributed by atoms with Gasteiger partial charge < -0.3 is 4.42 Å². The highest BCUT2D eigenvalue weighted by molar-refractivity contribution is 7.25. The Labute approximate surface area is 284 Å². The van der Waals surface area contributed by atoms with Crippen LogP contribution in [-0.2, 0) is 0 Å². The summed E-state index contributed by atoms with van der Waals surface area (Å²) in [5.74, 6) is 0.842. The molecule has 1 aliphatic carbocycles. The molecule has 230 valence electrons. The minimum absolute atomic E-state index is 0.842. The predicted molar refractivity (Wildman–Crippen MR) is 209 cm³/mol. The highest BCUT2D eigenvalue weighted by Crippen LogP contribution is 2.42. The zero-order chi connectivity index (χ0) is 32.6. The Morgan fingerprint density at radius 1 is 0.625 bits per heavy atom. The number of rotatable bonds is 6. The van der Waals surface area contributed by atoms with E-state index in [1.54, 1.807) is 0 Å². The molecule has 0 N–H and O–H groups in total. The van der Waals surface area contributed by atoms with Gasteiger partial charge in [0.1, 0.15) is 11.3 Å². The van der Waals surface area contributed by atoms with Gasteiger partial charge in [-0.05, 0) is 92.6 Å². The smallest absolute Gasteiger partial charge is 0.136 e. The second-order valence-corrected chi connectivity index (χ2v) is 13.2. The second-order valence-electron chi connectivity index (χ2n) is 12.1. The summed E-state index contributed by atoms with van der Waals surface area (Å²) >= 11 is 1.82. The summed E-state index contributed by atoms with van der Waals surface area (Å²) in [6.07, 6.45) is 12.8. The van der Waals surface area contributed by atoms with Crippen LogP contribution in [0.1, 0.15) is 29.5 Å². The van der Waals surface area contributed by atoms with Crippen LogP contribution >= 0.6 is 11.3 Å². The third-order valence-corrected chi connectivity index (χ3v) is 10.4. The number of allylic oxidation sites excluding steroid dienone is 6. The molecular formula is C46H34OS. The maximum absolute atomic E-state index is 6.53. The fourth-order valence-electron chi connectivity index (χ4n) is 6.83. The van der Waals surface area contributed by atoms with Crippen LogP contribution in [0.25, 0.3) is 70.8 Å². The summed E-state index contributed by atoms with van der Waals surface area (Å²) in [4.78, 5) is 0. The largest absolute Gasteiger partial charge is 0.456 e. The van der Waals surface area contributed by atoms with Gasteiger partial charge in [0.2, 0.25) is 0 Å². The average Bonchev–Trinajstić information content (AvgIpc) is 3.73. The predicted octanol–water partition coefficient (Wildman–Crippen LogP) is 11.7. The third kappa shape index (κ3) is 5.21. The van der Waals surface area contributed by atoms with Gasteiger partial charge in [-0.3, -0.25) is 0 Å². The lowest BCUT2D eigenvalue weighted by molar-refractivity contribution is 0.631. The molecule has 1 nitrogen and oxygen atoms in total. The first-order valence-corrected chi connectivity index (χ1v) is 17.1. The highest BCUT2D eigenvalue weighted by Gasteiger charge is 2.19. The number of para-hydroxylation sites is 1. The van der Waals surface area contributed by atoms with Crippen molar-refractivity contribution in [3.8, 4) is 11.3 Å². The van der Waals surface area contributed by atoms with Gasteiger partial charge in [-0.2, -0.15) is 0 Å². The van der Waals surface area contributed by atoms with E-state index < -0.39 is 0 Å². The second kappa shape index (κ2) is 12.5. The first-order chi connectivity index (χ1) is 23.6. The molecule has 0 radical (unpaired) electrons. The van der Waals surface area contributed by atoms with Crippen LogP contribution in [0.3, 0.4) is 0 Å². The lowest BCUT2D eigenvalue weighted by Crippen LogP contribution is -2.29. The molecule has 5 aromatic carbocycles. The Bertz CT molecular complexity index is 2580. The number of hydrogen-bond donors (Lipinski definition) is 0. The summed E-state index contributed by atoms with van der Waals surface area (Å²) in [7, 11) is 0. The molecule has 0 amide bonds. The summed E-state index contributed by atoms with van der Waals surface area (Å²) in [6, 6.07) is 40.6. The van der Waals surface area contributed by atoms with Gasteiger partial charge in [0.05, 0.1) is 0 Å². The fraction of sp³-hybridized carbons (Fsp3) is 0.0435. The molecule has 0 unspecified atom stereocenters. The van der Waals surface area contributed by atoms with Gasteiger partial charge in [-0.15, -0.1) is 11.3 Å². The standard InChI is InChI=1S/C46H34OS/c1-4-32-17-9-11-19-34(32)30(2)35-20-7-5-6-8-21-36(38-23-13-12-22-37(35)38)31(3)40-28-42-39-24-14-16-26-45(39)48-46(42)29-41(40)44-27-33-18-10-15-25-43(33)47-44/h4,7-29H,1-3,5-6H2/b20-7?,21-8+,37-35?,38-36+. The van der Waals surface area contributed by atoms with E-state index >= 15 is 0 Å². The van der Waals surface area contributed by atoms with Crippen molar-refractivity contribution in [2.75, 3.05) is 0 Å². The molecule has 0 atom stereocenters. The third-order valence-electron chi connectivity index (χ3n) is 9.27. The van der Waals surface area contributed by atoms with E-state index in [1.807, 2.05) is 35.6 Å². The maximum atomic E-state index is 6.53. The lowest BCUT2D eigenvalue weighted by atomic mass is 9.88. The SMILES string of the molecule is C=Cc1ccccc1C(=C)C1=c2cccc/c2=C(C(=C)c2cc3c(cc2-c2cc4ccccc4o2)sc2ccccc23)/C=C/CCC=C1. The van der Waals surface area contributed by atoms with E-state index in [-0.39, 0.29) is 0 Å².